The summed E-state index contributed by atoms with van der Waals surface area (Å²) in [6.45, 7) is 6.31. The monoisotopic (exact) mass is 584 g/mol. The molecule has 0 spiro atoms. The number of amides is 3. The molecule has 3 aromatic rings. The molecule has 1 saturated heterocycles. The predicted molar refractivity (Wildman–Crippen MR) is 152 cm³/mol. The van der Waals surface area contributed by atoms with Gasteiger partial charge in [0.2, 0.25) is 0 Å². The lowest BCUT2D eigenvalue weighted by Gasteiger charge is -2.28. The van der Waals surface area contributed by atoms with Crippen LogP contribution < -0.4 is 10.2 Å². The number of rotatable bonds is 7. The Morgan fingerprint density at radius 2 is 1.55 bits per heavy atom. The molecule has 7 nitrogen and oxygen atoms in total. The van der Waals surface area contributed by atoms with E-state index in [4.69, 9.17) is 0 Å². The SMILES string of the molecule is CCN(CC)C(=O)c1cc(NC(=O)c2ccc(C(F)(F)F)cc2)ccc1N1CCCN(C(=O)c2ccccc2F)CC1. The van der Waals surface area contributed by atoms with E-state index in [1.165, 1.54) is 18.2 Å². The lowest BCUT2D eigenvalue weighted by atomic mass is 10.1. The minimum Gasteiger partial charge on any atom is -0.369 e. The molecule has 222 valence electrons. The Morgan fingerprint density at radius 3 is 2.19 bits per heavy atom. The molecule has 0 aliphatic carbocycles. The number of alkyl halides is 3. The van der Waals surface area contributed by atoms with Gasteiger partial charge in [-0.2, -0.15) is 13.2 Å². The van der Waals surface area contributed by atoms with Crippen molar-refractivity contribution in [3.63, 3.8) is 0 Å². The molecule has 42 heavy (non-hydrogen) atoms. The molecule has 0 atom stereocenters. The number of nitrogens with zero attached hydrogens (tertiary/aromatic N) is 3. The highest BCUT2D eigenvalue weighted by molar-refractivity contribution is 6.06. The first kappa shape index (κ1) is 30.5. The summed E-state index contributed by atoms with van der Waals surface area (Å²) >= 11 is 0. The van der Waals surface area contributed by atoms with Crippen LogP contribution in [0.4, 0.5) is 28.9 Å². The van der Waals surface area contributed by atoms with Gasteiger partial charge < -0.3 is 20.0 Å². The Bertz CT molecular complexity index is 1440. The van der Waals surface area contributed by atoms with E-state index >= 15 is 0 Å². The van der Waals surface area contributed by atoms with Gasteiger partial charge in [0.25, 0.3) is 17.7 Å². The van der Waals surface area contributed by atoms with E-state index in [9.17, 15) is 31.9 Å². The van der Waals surface area contributed by atoms with Crippen LogP contribution in [0.15, 0.2) is 66.7 Å². The van der Waals surface area contributed by atoms with Gasteiger partial charge in [0.05, 0.1) is 16.7 Å². The Labute approximate surface area is 241 Å². The van der Waals surface area contributed by atoms with Gasteiger partial charge in [-0.3, -0.25) is 14.4 Å². The molecular weight excluding hydrogens is 552 g/mol. The number of anilines is 2. The Balaban J connectivity index is 1.57. The smallest absolute Gasteiger partial charge is 0.369 e. The molecular formula is C31H32F4N4O3. The summed E-state index contributed by atoms with van der Waals surface area (Å²) in [7, 11) is 0. The number of benzene rings is 3. The van der Waals surface area contributed by atoms with E-state index in [0.29, 0.717) is 62.6 Å². The van der Waals surface area contributed by atoms with Crippen LogP contribution in [0.2, 0.25) is 0 Å². The van der Waals surface area contributed by atoms with Gasteiger partial charge in [0, 0.05) is 56.2 Å². The second-order valence-electron chi connectivity index (χ2n) is 9.85. The third-order valence-corrected chi connectivity index (χ3v) is 7.24. The van der Waals surface area contributed by atoms with E-state index < -0.39 is 29.4 Å². The lowest BCUT2D eigenvalue weighted by Crippen LogP contribution is -2.36. The average Bonchev–Trinajstić information content (AvgIpc) is 3.23. The van der Waals surface area contributed by atoms with Crippen molar-refractivity contribution in [1.82, 2.24) is 9.80 Å². The van der Waals surface area contributed by atoms with Gasteiger partial charge in [-0.15, -0.1) is 0 Å². The molecule has 0 radical (unpaired) electrons. The minimum atomic E-state index is -4.51. The van der Waals surface area contributed by atoms with Crippen molar-refractivity contribution in [3.05, 3.63) is 94.8 Å². The van der Waals surface area contributed by atoms with Crippen LogP contribution in [-0.4, -0.2) is 66.8 Å². The molecule has 0 saturated carbocycles. The molecule has 3 amide bonds. The molecule has 3 aromatic carbocycles. The molecule has 0 bridgehead atoms. The average molecular weight is 585 g/mol. The van der Waals surface area contributed by atoms with E-state index in [1.807, 2.05) is 18.7 Å². The molecule has 11 heteroatoms. The van der Waals surface area contributed by atoms with Crippen molar-refractivity contribution in [1.29, 1.82) is 0 Å². The first-order chi connectivity index (χ1) is 20.0. The summed E-state index contributed by atoms with van der Waals surface area (Å²) in [5.41, 5.74) is 0.470. The number of halogens is 4. The molecule has 1 fully saturated rings. The fourth-order valence-corrected chi connectivity index (χ4v) is 4.92. The maximum absolute atomic E-state index is 14.2. The summed E-state index contributed by atoms with van der Waals surface area (Å²) in [4.78, 5) is 44.6. The van der Waals surface area contributed by atoms with Gasteiger partial charge in [0.1, 0.15) is 5.82 Å². The van der Waals surface area contributed by atoms with E-state index in [0.717, 1.165) is 24.3 Å². The zero-order valence-electron chi connectivity index (χ0n) is 23.4. The Morgan fingerprint density at radius 1 is 0.857 bits per heavy atom. The summed E-state index contributed by atoms with van der Waals surface area (Å²) < 4.78 is 53.0. The second kappa shape index (κ2) is 13.1. The maximum Gasteiger partial charge on any atom is 0.416 e. The van der Waals surface area contributed by atoms with Crippen LogP contribution in [-0.2, 0) is 6.18 Å². The number of carbonyl (C=O) groups is 3. The third kappa shape index (κ3) is 6.89. The summed E-state index contributed by atoms with van der Waals surface area (Å²) in [6.07, 6.45) is -3.93. The third-order valence-electron chi connectivity index (χ3n) is 7.24. The summed E-state index contributed by atoms with van der Waals surface area (Å²) in [5.74, 6) is -1.83. The van der Waals surface area contributed by atoms with Crippen molar-refractivity contribution >= 4 is 29.1 Å². The Kier molecular flexibility index (Phi) is 9.49. The van der Waals surface area contributed by atoms with Gasteiger partial charge in [-0.05, 0) is 74.9 Å². The van der Waals surface area contributed by atoms with Gasteiger partial charge >= 0.3 is 6.18 Å². The summed E-state index contributed by atoms with van der Waals surface area (Å²) in [5, 5.41) is 2.68. The van der Waals surface area contributed by atoms with Crippen molar-refractivity contribution < 1.29 is 31.9 Å². The second-order valence-corrected chi connectivity index (χ2v) is 9.85. The van der Waals surface area contributed by atoms with Gasteiger partial charge in [0.15, 0.2) is 0 Å². The number of carbonyl (C=O) groups excluding carboxylic acids is 3. The topological polar surface area (TPSA) is 73.0 Å². The highest BCUT2D eigenvalue weighted by Crippen LogP contribution is 2.30. The quantitative estimate of drug-likeness (QED) is 0.350. The molecule has 1 aliphatic rings. The molecule has 1 N–H and O–H groups in total. The Hall–Kier alpha value is -4.41. The van der Waals surface area contributed by atoms with Crippen LogP contribution in [0.3, 0.4) is 0 Å². The number of hydrogen-bond donors (Lipinski definition) is 1. The number of hydrogen-bond acceptors (Lipinski definition) is 4. The van der Waals surface area contributed by atoms with Crippen LogP contribution in [0.5, 0.6) is 0 Å². The number of nitrogens with one attached hydrogen (secondary N) is 1. The molecule has 1 aliphatic heterocycles. The first-order valence-corrected chi connectivity index (χ1v) is 13.7. The van der Waals surface area contributed by atoms with Crippen molar-refractivity contribution in [2.24, 2.45) is 0 Å². The van der Waals surface area contributed by atoms with Crippen molar-refractivity contribution in [3.8, 4) is 0 Å². The molecule has 1 heterocycles. The van der Waals surface area contributed by atoms with Gasteiger partial charge in [-0.1, -0.05) is 12.1 Å². The highest BCUT2D eigenvalue weighted by Gasteiger charge is 2.30. The van der Waals surface area contributed by atoms with E-state index in [1.54, 1.807) is 34.1 Å². The lowest BCUT2D eigenvalue weighted by molar-refractivity contribution is -0.137. The molecule has 0 aromatic heterocycles. The molecule has 0 unspecified atom stereocenters. The molecule has 4 rings (SSSR count). The largest absolute Gasteiger partial charge is 0.416 e. The minimum absolute atomic E-state index is 0.0106. The van der Waals surface area contributed by atoms with Crippen LogP contribution in [0.25, 0.3) is 0 Å². The first-order valence-electron chi connectivity index (χ1n) is 13.7. The van der Waals surface area contributed by atoms with E-state index in [-0.39, 0.29) is 17.0 Å². The maximum atomic E-state index is 14.2. The van der Waals surface area contributed by atoms with E-state index in [2.05, 4.69) is 5.32 Å². The fourth-order valence-electron chi connectivity index (χ4n) is 4.92. The summed E-state index contributed by atoms with van der Waals surface area (Å²) in [6, 6.07) is 14.6. The zero-order valence-corrected chi connectivity index (χ0v) is 23.4. The van der Waals surface area contributed by atoms with Crippen molar-refractivity contribution in [2.75, 3.05) is 49.5 Å². The highest BCUT2D eigenvalue weighted by atomic mass is 19.4. The van der Waals surface area contributed by atoms with Crippen LogP contribution in [0, 0.1) is 5.82 Å². The van der Waals surface area contributed by atoms with Gasteiger partial charge in [-0.25, -0.2) is 4.39 Å². The van der Waals surface area contributed by atoms with Crippen molar-refractivity contribution in [2.45, 2.75) is 26.4 Å². The van der Waals surface area contributed by atoms with Crippen LogP contribution in [0.1, 0.15) is 56.9 Å². The normalized spacial score (nSPS) is 13.9. The standard InChI is InChI=1S/C31H32F4N4O3/c1-3-37(4-2)30(42)25-20-23(36-28(40)21-10-12-22(13-11-21)31(33,34)35)14-15-27(25)38-16-7-17-39(19-18-38)29(41)24-8-5-6-9-26(24)32/h5-6,8-15,20H,3-4,7,16-19H2,1-2H3,(H,36,40). The predicted octanol–water partition coefficient (Wildman–Crippen LogP) is 5.93. The van der Waals surface area contributed by atoms with Crippen LogP contribution >= 0.6 is 0 Å². The fraction of sp³-hybridized carbons (Fsp3) is 0.323. The zero-order chi connectivity index (χ0) is 30.4.